The van der Waals surface area contributed by atoms with Gasteiger partial charge in [0, 0.05) is 34.0 Å². The fraction of sp³-hybridized carbons (Fsp3) is 0.900. The van der Waals surface area contributed by atoms with E-state index < -0.39 is 15.0 Å². The van der Waals surface area contributed by atoms with Crippen LogP contribution >= 0.6 is 0 Å². The highest BCUT2D eigenvalue weighted by Gasteiger charge is 2.36. The molecule has 18 heavy (non-hydrogen) atoms. The quantitative estimate of drug-likeness (QED) is 0.351. The second-order valence-corrected chi connectivity index (χ2v) is 6.87. The third-order valence-corrected chi connectivity index (χ3v) is 5.49. The summed E-state index contributed by atoms with van der Waals surface area (Å²) in [6.45, 7) is 1.12. The summed E-state index contributed by atoms with van der Waals surface area (Å²) in [6.07, 6.45) is -0.177. The summed E-state index contributed by atoms with van der Waals surface area (Å²) in [5, 5.41) is 0. The molecule has 1 saturated heterocycles. The lowest BCUT2D eigenvalue weighted by Gasteiger charge is -2.24. The molecule has 0 amide bonds. The molecule has 7 nitrogen and oxygen atoms in total. The SMILES string of the molecule is CO[Si](CCCOCC1COC(=O)O1)(OC)OC. The lowest BCUT2D eigenvalue weighted by molar-refractivity contribution is 0.0439. The Balaban J connectivity index is 2.09. The third-order valence-electron chi connectivity index (χ3n) is 2.66. The van der Waals surface area contributed by atoms with Gasteiger partial charge in [0.25, 0.3) is 0 Å². The van der Waals surface area contributed by atoms with E-state index in [0.717, 1.165) is 6.42 Å². The molecule has 1 atom stereocenters. The zero-order valence-electron chi connectivity index (χ0n) is 11.0. The minimum Gasteiger partial charge on any atom is -0.430 e. The number of hydrogen-bond donors (Lipinski definition) is 0. The first-order valence-electron chi connectivity index (χ1n) is 5.72. The minimum atomic E-state index is -2.50. The van der Waals surface area contributed by atoms with Crippen LogP contribution < -0.4 is 0 Å². The van der Waals surface area contributed by atoms with Crippen molar-refractivity contribution in [3.8, 4) is 0 Å². The summed E-state index contributed by atoms with van der Waals surface area (Å²) < 4.78 is 30.7. The van der Waals surface area contributed by atoms with Gasteiger partial charge in [0.05, 0.1) is 6.61 Å². The van der Waals surface area contributed by atoms with Crippen molar-refractivity contribution >= 4 is 15.0 Å². The number of ether oxygens (including phenoxy) is 3. The van der Waals surface area contributed by atoms with Crippen LogP contribution in [0.4, 0.5) is 4.79 Å². The Labute approximate surface area is 108 Å². The Morgan fingerprint density at radius 3 is 2.44 bits per heavy atom. The monoisotopic (exact) mass is 280 g/mol. The van der Waals surface area contributed by atoms with E-state index in [1.807, 2.05) is 0 Å². The maximum atomic E-state index is 10.6. The first-order valence-corrected chi connectivity index (χ1v) is 7.65. The standard InChI is InChI=1S/C10H20O7Si/c1-12-18(13-2,14-3)6-4-5-15-7-9-8-16-10(11)17-9/h9H,4-8H2,1-3H3. The van der Waals surface area contributed by atoms with Gasteiger partial charge in [-0.3, -0.25) is 0 Å². The van der Waals surface area contributed by atoms with E-state index in [-0.39, 0.29) is 12.7 Å². The molecule has 1 rings (SSSR count). The van der Waals surface area contributed by atoms with E-state index >= 15 is 0 Å². The third kappa shape index (κ3) is 4.54. The van der Waals surface area contributed by atoms with Crippen molar-refractivity contribution in [3.05, 3.63) is 0 Å². The van der Waals surface area contributed by atoms with Gasteiger partial charge >= 0.3 is 15.0 Å². The van der Waals surface area contributed by atoms with E-state index in [2.05, 4.69) is 4.74 Å². The van der Waals surface area contributed by atoms with Crippen molar-refractivity contribution in [1.82, 2.24) is 0 Å². The van der Waals surface area contributed by atoms with Crippen molar-refractivity contribution in [2.24, 2.45) is 0 Å². The van der Waals surface area contributed by atoms with Gasteiger partial charge in [-0.05, 0) is 6.42 Å². The van der Waals surface area contributed by atoms with Gasteiger partial charge in [0.1, 0.15) is 6.61 Å². The Morgan fingerprint density at radius 1 is 1.28 bits per heavy atom. The van der Waals surface area contributed by atoms with Gasteiger partial charge in [-0.1, -0.05) is 0 Å². The smallest absolute Gasteiger partial charge is 0.430 e. The molecule has 0 aliphatic carbocycles. The van der Waals surface area contributed by atoms with E-state index in [4.69, 9.17) is 22.8 Å². The molecule has 1 aliphatic rings. The fourth-order valence-electron chi connectivity index (χ4n) is 1.61. The lowest BCUT2D eigenvalue weighted by Crippen LogP contribution is -2.42. The van der Waals surface area contributed by atoms with Gasteiger partial charge in [-0.2, -0.15) is 0 Å². The van der Waals surface area contributed by atoms with Crippen LogP contribution in [0.5, 0.6) is 0 Å². The Bertz CT molecular complexity index is 248. The second kappa shape index (κ2) is 7.69. The molecule has 8 heteroatoms. The number of cyclic esters (lactones) is 2. The molecule has 0 radical (unpaired) electrons. The topological polar surface area (TPSA) is 72.5 Å². The Hall–Kier alpha value is -0.673. The normalized spacial score (nSPS) is 19.7. The molecule has 1 heterocycles. The molecule has 0 bridgehead atoms. The Morgan fingerprint density at radius 2 is 1.94 bits per heavy atom. The molecule has 0 N–H and O–H groups in total. The molecule has 1 fully saturated rings. The first kappa shape index (κ1) is 15.4. The molecular formula is C10H20O7Si. The van der Waals surface area contributed by atoms with Crippen LogP contribution in [-0.4, -0.2) is 62.2 Å². The molecule has 1 aliphatic heterocycles. The van der Waals surface area contributed by atoms with Crippen molar-refractivity contribution in [2.75, 3.05) is 41.2 Å². The molecule has 106 valence electrons. The first-order chi connectivity index (χ1) is 8.65. The maximum Gasteiger partial charge on any atom is 0.508 e. The van der Waals surface area contributed by atoms with Crippen LogP contribution in [0.25, 0.3) is 0 Å². The summed E-state index contributed by atoms with van der Waals surface area (Å²) >= 11 is 0. The second-order valence-electron chi connectivity index (χ2n) is 3.77. The minimum absolute atomic E-state index is 0.256. The molecule has 0 aromatic heterocycles. The lowest BCUT2D eigenvalue weighted by atomic mass is 10.4. The molecule has 0 saturated carbocycles. The largest absolute Gasteiger partial charge is 0.508 e. The summed E-state index contributed by atoms with van der Waals surface area (Å²) in [7, 11) is 2.24. The Kier molecular flexibility index (Phi) is 6.58. The predicted octanol–water partition coefficient (Wildman–Crippen LogP) is 0.807. The van der Waals surface area contributed by atoms with Crippen molar-refractivity contribution < 1.29 is 32.3 Å². The van der Waals surface area contributed by atoms with E-state index in [0.29, 0.717) is 19.3 Å². The molecule has 1 unspecified atom stereocenters. The van der Waals surface area contributed by atoms with Gasteiger partial charge in [-0.15, -0.1) is 0 Å². The molecule has 0 aromatic carbocycles. The summed E-state index contributed by atoms with van der Waals surface area (Å²) in [5.41, 5.74) is 0. The zero-order valence-corrected chi connectivity index (χ0v) is 12.0. The van der Waals surface area contributed by atoms with Gasteiger partial charge in [0.2, 0.25) is 0 Å². The summed E-state index contributed by atoms with van der Waals surface area (Å²) in [4.78, 5) is 10.6. The average Bonchev–Trinajstić information content (AvgIpc) is 2.80. The van der Waals surface area contributed by atoms with Crippen molar-refractivity contribution in [2.45, 2.75) is 18.6 Å². The van der Waals surface area contributed by atoms with Crippen molar-refractivity contribution in [3.63, 3.8) is 0 Å². The molecular weight excluding hydrogens is 260 g/mol. The highest BCUT2D eigenvalue weighted by Crippen LogP contribution is 2.15. The summed E-state index contributed by atoms with van der Waals surface area (Å²) in [6, 6.07) is 0.678. The van der Waals surface area contributed by atoms with Gasteiger partial charge < -0.3 is 27.5 Å². The summed E-state index contributed by atoms with van der Waals surface area (Å²) in [5.74, 6) is 0. The van der Waals surface area contributed by atoms with Crippen LogP contribution in [0.1, 0.15) is 6.42 Å². The highest BCUT2D eigenvalue weighted by molar-refractivity contribution is 6.60. The maximum absolute atomic E-state index is 10.6. The predicted molar refractivity (Wildman–Crippen MR) is 63.2 cm³/mol. The van der Waals surface area contributed by atoms with Crippen LogP contribution in [0.3, 0.4) is 0 Å². The van der Waals surface area contributed by atoms with Gasteiger partial charge in [0.15, 0.2) is 6.10 Å². The van der Waals surface area contributed by atoms with Crippen LogP contribution in [0.15, 0.2) is 0 Å². The van der Waals surface area contributed by atoms with E-state index in [9.17, 15) is 4.79 Å². The zero-order chi connectivity index (χ0) is 13.4. The van der Waals surface area contributed by atoms with E-state index in [1.165, 1.54) is 0 Å². The van der Waals surface area contributed by atoms with Crippen LogP contribution in [0.2, 0.25) is 6.04 Å². The van der Waals surface area contributed by atoms with Crippen LogP contribution in [-0.2, 0) is 27.5 Å². The molecule has 0 spiro atoms. The number of rotatable bonds is 9. The van der Waals surface area contributed by atoms with Gasteiger partial charge in [-0.25, -0.2) is 4.79 Å². The number of carbonyl (C=O) groups excluding carboxylic acids is 1. The fourth-order valence-corrected chi connectivity index (χ4v) is 3.30. The van der Waals surface area contributed by atoms with Crippen molar-refractivity contribution in [1.29, 1.82) is 0 Å². The molecule has 0 aromatic rings. The van der Waals surface area contributed by atoms with Crippen LogP contribution in [0, 0.1) is 0 Å². The van der Waals surface area contributed by atoms with E-state index in [1.54, 1.807) is 21.3 Å². The number of carbonyl (C=O) groups is 1. The number of hydrogen-bond acceptors (Lipinski definition) is 7. The average molecular weight is 280 g/mol. The highest BCUT2D eigenvalue weighted by atomic mass is 28.4.